The minimum Gasteiger partial charge on any atom is -0.509 e. The fourth-order valence-electron chi connectivity index (χ4n) is 8.22. The van der Waals surface area contributed by atoms with E-state index in [4.69, 9.17) is 9.84 Å². The summed E-state index contributed by atoms with van der Waals surface area (Å²) in [5, 5.41) is 11.4. The molecule has 1 aliphatic heterocycles. The number of aromatic nitrogens is 4. The molecule has 3 heterocycles. The zero-order chi connectivity index (χ0) is 40.7. The van der Waals surface area contributed by atoms with E-state index in [0.29, 0.717) is 17.4 Å². The number of ether oxygens (including phenoxy) is 1. The molecule has 1 aliphatic rings. The molecule has 0 saturated heterocycles. The molecule has 8 rings (SSSR count). The third-order valence-electron chi connectivity index (χ3n) is 11.9. The van der Waals surface area contributed by atoms with E-state index in [0.717, 1.165) is 38.7 Å². The molecule has 0 radical (unpaired) electrons. The van der Waals surface area contributed by atoms with E-state index >= 15 is 0 Å². The van der Waals surface area contributed by atoms with E-state index < -0.39 is 0 Å². The van der Waals surface area contributed by atoms with Gasteiger partial charge < -0.3 is 19.1 Å². The predicted molar refractivity (Wildman–Crippen MR) is 235 cm³/mol. The van der Waals surface area contributed by atoms with Crippen LogP contribution in [0.4, 0.5) is 11.4 Å². The van der Waals surface area contributed by atoms with Gasteiger partial charge in [-0.25, -0.2) is 0 Å². The van der Waals surface area contributed by atoms with Crippen LogP contribution in [0.2, 0.25) is 0 Å². The molecular weight excluding hydrogens is 896 g/mol. The second-order valence-electron chi connectivity index (χ2n) is 17.8. The topological polar surface area (TPSA) is 51.4 Å². The van der Waals surface area contributed by atoms with E-state index in [2.05, 4.69) is 200 Å². The summed E-state index contributed by atoms with van der Waals surface area (Å²) in [7, 11) is 0. The largest absolute Gasteiger partial charge is 0.509 e. The predicted octanol–water partition coefficient (Wildman–Crippen LogP) is 12.4. The van der Waals surface area contributed by atoms with Gasteiger partial charge in [0.1, 0.15) is 6.33 Å². The van der Waals surface area contributed by atoms with Gasteiger partial charge in [0.05, 0.1) is 5.69 Å². The molecular formula is C50H53N6OPt-3. The summed E-state index contributed by atoms with van der Waals surface area (Å²) in [6.45, 7) is 31.0. The number of para-hydroxylation sites is 1. The first-order valence-corrected chi connectivity index (χ1v) is 19.8. The molecule has 0 unspecified atom stereocenters. The van der Waals surface area contributed by atoms with Crippen LogP contribution in [0.1, 0.15) is 91.6 Å². The Morgan fingerprint density at radius 3 is 1.88 bits per heavy atom. The Kier molecular flexibility index (Phi) is 10.6. The average Bonchev–Trinajstić information content (AvgIpc) is 3.90. The SMILES string of the molecule is Cc1cc(C(C)(C)C)cc(C)c1-n1cnnc1-n1c2[c-]c(Oc3[c-]c(N4C=CN(c5c(C)c(C)c(C)c(C)c5C)[CH-]4)cc(C(C)(C)C)c3)ccc2c2ccccc21.[Pt]. The van der Waals surface area contributed by atoms with Crippen molar-refractivity contribution in [3.63, 3.8) is 0 Å². The molecule has 0 saturated carbocycles. The van der Waals surface area contributed by atoms with Crippen molar-refractivity contribution in [2.24, 2.45) is 0 Å². The second kappa shape index (κ2) is 14.9. The molecule has 2 aromatic heterocycles. The van der Waals surface area contributed by atoms with Gasteiger partial charge in [-0.2, -0.15) is 6.07 Å². The molecule has 0 bridgehead atoms. The molecule has 7 aromatic rings. The van der Waals surface area contributed by atoms with Crippen molar-refractivity contribution in [1.82, 2.24) is 19.3 Å². The van der Waals surface area contributed by atoms with Gasteiger partial charge in [0.25, 0.3) is 0 Å². The third kappa shape index (κ3) is 7.06. The van der Waals surface area contributed by atoms with Crippen LogP contribution in [0, 0.1) is 67.3 Å². The Balaban J connectivity index is 0.00000512. The number of hydrogen-bond donors (Lipinski definition) is 0. The van der Waals surface area contributed by atoms with E-state index in [1.807, 2.05) is 12.4 Å². The molecule has 0 N–H and O–H groups in total. The summed E-state index contributed by atoms with van der Waals surface area (Å²) in [5.41, 5.74) is 16.4. The van der Waals surface area contributed by atoms with Crippen LogP contribution in [0.5, 0.6) is 11.5 Å². The summed E-state index contributed by atoms with van der Waals surface area (Å²) in [6.07, 6.45) is 6.03. The van der Waals surface area contributed by atoms with Crippen LogP contribution >= 0.6 is 0 Å². The van der Waals surface area contributed by atoms with Gasteiger partial charge in [-0.1, -0.05) is 77.4 Å². The normalized spacial score (nSPS) is 13.3. The van der Waals surface area contributed by atoms with Crippen molar-refractivity contribution in [3.05, 3.63) is 148 Å². The molecule has 0 spiro atoms. The standard InChI is InChI=1S/C50H53N6O.Pt/c1-30-22-37(49(8,9)10)23-31(2)46(30)55-28-51-52-48(55)56-44-17-15-14-16-42(44)43-19-18-40(27-45(43)56)57-41-25-38(50(11,12)13)24-39(26-41)53-20-21-54(29-53)47-35(6)33(4)32(3)34(5)36(47)7;/h14-25,28-29H,1-13H3;/q-3;. The maximum atomic E-state index is 6.74. The van der Waals surface area contributed by atoms with E-state index in [-0.39, 0.29) is 31.9 Å². The Hall–Kier alpha value is -5.13. The average molecular weight is 949 g/mol. The van der Waals surface area contributed by atoms with Crippen LogP contribution in [0.15, 0.2) is 79.4 Å². The monoisotopic (exact) mass is 948 g/mol. The van der Waals surface area contributed by atoms with Gasteiger partial charge in [0.15, 0.2) is 0 Å². The molecule has 7 nitrogen and oxygen atoms in total. The summed E-state index contributed by atoms with van der Waals surface area (Å²) in [6, 6.07) is 28.7. The fraction of sp³-hybridized carbons (Fsp3) is 0.300. The van der Waals surface area contributed by atoms with Crippen molar-refractivity contribution in [1.29, 1.82) is 0 Å². The number of benzene rings is 5. The first kappa shape index (κ1) is 41.0. The fourth-order valence-corrected chi connectivity index (χ4v) is 8.22. The molecule has 5 aromatic carbocycles. The van der Waals surface area contributed by atoms with Gasteiger partial charge in [0, 0.05) is 43.8 Å². The maximum absolute atomic E-state index is 6.74. The summed E-state index contributed by atoms with van der Waals surface area (Å²) >= 11 is 0. The van der Waals surface area contributed by atoms with E-state index in [1.165, 1.54) is 50.2 Å². The van der Waals surface area contributed by atoms with E-state index in [1.54, 1.807) is 0 Å². The molecule has 302 valence electrons. The maximum Gasteiger partial charge on any atom is 0.238 e. The summed E-state index contributed by atoms with van der Waals surface area (Å²) < 4.78 is 11.0. The Morgan fingerprint density at radius 1 is 0.621 bits per heavy atom. The number of aryl methyl sites for hydroxylation is 2. The second-order valence-corrected chi connectivity index (χ2v) is 17.8. The van der Waals surface area contributed by atoms with Gasteiger partial charge in [-0.05, 0) is 128 Å². The number of nitrogens with zero attached hydrogens (tertiary/aromatic N) is 6. The van der Waals surface area contributed by atoms with Crippen molar-refractivity contribution < 1.29 is 25.8 Å². The Labute approximate surface area is 358 Å². The van der Waals surface area contributed by atoms with Crippen molar-refractivity contribution in [2.45, 2.75) is 101 Å². The number of anilines is 2. The summed E-state index contributed by atoms with van der Waals surface area (Å²) in [5.74, 6) is 1.91. The number of hydrogen-bond acceptors (Lipinski definition) is 5. The van der Waals surface area contributed by atoms with Crippen LogP contribution in [-0.4, -0.2) is 19.3 Å². The van der Waals surface area contributed by atoms with Crippen LogP contribution in [0.25, 0.3) is 33.4 Å². The smallest absolute Gasteiger partial charge is 0.238 e. The zero-order valence-electron chi connectivity index (χ0n) is 36.0. The van der Waals surface area contributed by atoms with Crippen LogP contribution in [-0.2, 0) is 31.9 Å². The van der Waals surface area contributed by atoms with E-state index in [9.17, 15) is 0 Å². The quantitative estimate of drug-likeness (QED) is 0.156. The number of rotatable bonds is 6. The van der Waals surface area contributed by atoms with Gasteiger partial charge in [-0.15, -0.1) is 63.8 Å². The zero-order valence-corrected chi connectivity index (χ0v) is 38.3. The van der Waals surface area contributed by atoms with Crippen molar-refractivity contribution in [2.75, 3.05) is 9.80 Å². The molecule has 8 heteroatoms. The molecule has 58 heavy (non-hydrogen) atoms. The summed E-state index contributed by atoms with van der Waals surface area (Å²) in [4.78, 5) is 4.35. The van der Waals surface area contributed by atoms with Crippen LogP contribution in [0.3, 0.4) is 0 Å². The molecule has 0 atom stereocenters. The van der Waals surface area contributed by atoms with Crippen LogP contribution < -0.4 is 14.5 Å². The third-order valence-corrected chi connectivity index (χ3v) is 11.9. The van der Waals surface area contributed by atoms with Gasteiger partial charge in [0.2, 0.25) is 5.95 Å². The van der Waals surface area contributed by atoms with Gasteiger partial charge >= 0.3 is 0 Å². The molecule has 0 aliphatic carbocycles. The molecule has 0 fully saturated rings. The minimum absolute atomic E-state index is 0. The number of fused-ring (bicyclic) bond motifs is 3. The first-order valence-electron chi connectivity index (χ1n) is 19.8. The van der Waals surface area contributed by atoms with Gasteiger partial charge in [-0.3, -0.25) is 4.57 Å². The van der Waals surface area contributed by atoms with Crippen molar-refractivity contribution >= 4 is 33.2 Å². The first-order chi connectivity index (χ1) is 26.9. The molecule has 0 amide bonds. The van der Waals surface area contributed by atoms with Crippen molar-refractivity contribution in [3.8, 4) is 23.1 Å². The Morgan fingerprint density at radius 2 is 1.22 bits per heavy atom. The minimum atomic E-state index is -0.130. The Bertz CT molecular complexity index is 2700.